The number of phosphoric acid groups is 1. The molecular weight excluding hydrogens is 707 g/mol. The first kappa shape index (κ1) is 50.2. The molecule has 0 fully saturated rings. The Balaban J connectivity index is 2.42. The molecule has 13 heteroatoms. The Morgan fingerprint density at radius 3 is 1.72 bits per heavy atom. The van der Waals surface area contributed by atoms with Gasteiger partial charge in [-0.1, -0.05) is 154 Å². The number of quaternary nitrogens is 1. The molecule has 0 saturated heterocycles. The molecule has 0 aliphatic rings. The van der Waals surface area contributed by atoms with Gasteiger partial charge < -0.3 is 18.9 Å². The number of aryl methyl sites for hydroxylation is 2. The number of nitrogens with zero attached hydrogens (tertiary/aromatic N) is 4. The van der Waals surface area contributed by atoms with Crippen molar-refractivity contribution in [3.63, 3.8) is 0 Å². The summed E-state index contributed by atoms with van der Waals surface area (Å²) >= 11 is 0. The lowest BCUT2D eigenvalue weighted by molar-refractivity contribution is -0.870. The molecule has 54 heavy (non-hydrogen) atoms. The zero-order valence-electron chi connectivity index (χ0n) is 35.1. The first-order valence-corrected chi connectivity index (χ1v) is 23.1. The molecule has 0 saturated carbocycles. The van der Waals surface area contributed by atoms with E-state index in [1.165, 1.54) is 116 Å². The zero-order chi connectivity index (χ0) is 39.8. The lowest BCUT2D eigenvalue weighted by Crippen LogP contribution is -2.37. The van der Waals surface area contributed by atoms with Crippen LogP contribution in [0.3, 0.4) is 0 Å². The van der Waals surface area contributed by atoms with Gasteiger partial charge in [0.25, 0.3) is 0 Å². The van der Waals surface area contributed by atoms with E-state index in [0.29, 0.717) is 23.1 Å². The Labute approximate surface area is 329 Å². The Morgan fingerprint density at radius 1 is 0.704 bits per heavy atom. The standard InChI is InChI=1S/C41H79N4O8P/c1-6-8-10-12-14-16-18-19-20-21-23-25-27-29-40(46)50-36-39(37-52-54(48,49)51-34-33-45(3,4)5)53-41(47)31-30-38-35-44(43-42-38)32-28-26-24-22-17-15-13-11-9-7-2/h35,39H,6-34,36-37H2,1-5H3/p+1/t39-/m1/s1. The Morgan fingerprint density at radius 2 is 1.20 bits per heavy atom. The number of phosphoric ester groups is 1. The predicted molar refractivity (Wildman–Crippen MR) is 216 cm³/mol. The normalized spacial score (nSPS) is 13.5. The molecule has 1 N–H and O–H groups in total. The van der Waals surface area contributed by atoms with Gasteiger partial charge in [0.2, 0.25) is 0 Å². The van der Waals surface area contributed by atoms with Gasteiger partial charge >= 0.3 is 19.8 Å². The van der Waals surface area contributed by atoms with Crippen molar-refractivity contribution >= 4 is 19.8 Å². The molecule has 0 aromatic carbocycles. The maximum atomic E-state index is 12.8. The summed E-state index contributed by atoms with van der Waals surface area (Å²) in [5.74, 6) is -0.955. The largest absolute Gasteiger partial charge is 0.472 e. The maximum absolute atomic E-state index is 12.8. The summed E-state index contributed by atoms with van der Waals surface area (Å²) in [6, 6.07) is 0. The van der Waals surface area contributed by atoms with Gasteiger partial charge in [0.05, 0.1) is 39.9 Å². The third-order valence-electron chi connectivity index (χ3n) is 9.57. The van der Waals surface area contributed by atoms with E-state index in [2.05, 4.69) is 24.2 Å². The molecule has 1 aromatic rings. The molecule has 1 unspecified atom stereocenters. The number of unbranched alkanes of at least 4 members (excludes halogenated alkanes) is 21. The number of ether oxygens (including phenoxy) is 2. The van der Waals surface area contributed by atoms with Crippen molar-refractivity contribution in [1.82, 2.24) is 15.0 Å². The topological polar surface area (TPSA) is 139 Å². The first-order valence-electron chi connectivity index (χ1n) is 21.6. The molecule has 2 atom stereocenters. The maximum Gasteiger partial charge on any atom is 0.472 e. The SMILES string of the molecule is CCCCCCCCCCCCCCCC(=O)OC[C@H](COP(=O)(O)OCC[N+](C)(C)C)OC(=O)CCc1cn(CCCCCCCCCCCC)nn1. The molecule has 1 aromatic heterocycles. The number of carbonyl (C=O) groups is 2. The van der Waals surface area contributed by atoms with E-state index in [9.17, 15) is 19.0 Å². The Kier molecular flexibility index (Phi) is 30.0. The van der Waals surface area contributed by atoms with E-state index in [0.717, 1.165) is 38.6 Å². The van der Waals surface area contributed by atoms with Crippen LogP contribution in [0.2, 0.25) is 0 Å². The van der Waals surface area contributed by atoms with Crippen LogP contribution in [0.4, 0.5) is 0 Å². The van der Waals surface area contributed by atoms with Gasteiger partial charge in [-0.2, -0.15) is 0 Å². The lowest BCUT2D eigenvalue weighted by Gasteiger charge is -2.24. The van der Waals surface area contributed by atoms with Gasteiger partial charge in [0, 0.05) is 25.6 Å². The van der Waals surface area contributed by atoms with Gasteiger partial charge in [0.1, 0.15) is 19.8 Å². The fraction of sp³-hybridized carbons (Fsp3) is 0.902. The fourth-order valence-electron chi connectivity index (χ4n) is 6.10. The van der Waals surface area contributed by atoms with Gasteiger partial charge in [-0.25, -0.2) is 4.57 Å². The molecule has 0 amide bonds. The number of hydrogen-bond acceptors (Lipinski definition) is 9. The number of likely N-dealkylation sites (N-methyl/N-ethyl adjacent to an activating group) is 1. The van der Waals surface area contributed by atoms with Gasteiger partial charge in [0.15, 0.2) is 6.10 Å². The summed E-state index contributed by atoms with van der Waals surface area (Å²) < 4.78 is 36.1. The van der Waals surface area contributed by atoms with Crippen LogP contribution >= 0.6 is 7.82 Å². The summed E-state index contributed by atoms with van der Waals surface area (Å²) in [7, 11) is 1.40. The monoisotopic (exact) mass is 788 g/mol. The number of carbonyl (C=O) groups excluding carboxylic acids is 2. The van der Waals surface area contributed by atoms with Crippen LogP contribution in [0.15, 0.2) is 6.20 Å². The van der Waals surface area contributed by atoms with E-state index >= 15 is 0 Å². The van der Waals surface area contributed by atoms with E-state index < -0.39 is 32.5 Å². The second-order valence-electron chi connectivity index (χ2n) is 16.1. The number of esters is 2. The van der Waals surface area contributed by atoms with Crippen molar-refractivity contribution < 1.29 is 42.1 Å². The second-order valence-corrected chi connectivity index (χ2v) is 17.5. The van der Waals surface area contributed by atoms with E-state index in [-0.39, 0.29) is 26.1 Å². The van der Waals surface area contributed by atoms with E-state index in [4.69, 9.17) is 18.5 Å². The number of rotatable bonds is 38. The molecule has 1 heterocycles. The summed E-state index contributed by atoms with van der Waals surface area (Å²) in [5.41, 5.74) is 0.682. The number of aromatic nitrogens is 3. The third kappa shape index (κ3) is 31.4. The highest BCUT2D eigenvalue weighted by molar-refractivity contribution is 7.47. The predicted octanol–water partition coefficient (Wildman–Crippen LogP) is 9.91. The fourth-order valence-corrected chi connectivity index (χ4v) is 6.85. The molecule has 12 nitrogen and oxygen atoms in total. The van der Waals surface area contributed by atoms with Crippen LogP contribution in [-0.4, -0.2) is 89.9 Å². The van der Waals surface area contributed by atoms with Crippen LogP contribution < -0.4 is 0 Å². The Bertz CT molecular complexity index is 1110. The smallest absolute Gasteiger partial charge is 0.462 e. The van der Waals surface area contributed by atoms with Crippen LogP contribution in [0, 0.1) is 0 Å². The molecule has 1 rings (SSSR count). The van der Waals surface area contributed by atoms with Crippen LogP contribution in [0.5, 0.6) is 0 Å². The summed E-state index contributed by atoms with van der Waals surface area (Å²) in [6.07, 6.45) is 29.9. The second kappa shape index (κ2) is 32.3. The molecule has 0 radical (unpaired) electrons. The quantitative estimate of drug-likeness (QED) is 0.0298. The van der Waals surface area contributed by atoms with Crippen molar-refractivity contribution in [1.29, 1.82) is 0 Å². The van der Waals surface area contributed by atoms with Crippen molar-refractivity contribution in [2.75, 3.05) is 47.5 Å². The third-order valence-corrected chi connectivity index (χ3v) is 10.5. The van der Waals surface area contributed by atoms with Gasteiger partial charge in [-0.15, -0.1) is 5.10 Å². The highest BCUT2D eigenvalue weighted by Crippen LogP contribution is 2.43. The van der Waals surface area contributed by atoms with Crippen molar-refractivity contribution in [3.05, 3.63) is 11.9 Å². The molecule has 316 valence electrons. The molecule has 0 aliphatic carbocycles. The van der Waals surface area contributed by atoms with E-state index in [1.54, 1.807) is 0 Å². The first-order chi connectivity index (χ1) is 25.9. The minimum absolute atomic E-state index is 0.00964. The summed E-state index contributed by atoms with van der Waals surface area (Å²) in [5, 5.41) is 8.41. The highest BCUT2D eigenvalue weighted by Gasteiger charge is 2.27. The molecule has 0 bridgehead atoms. The van der Waals surface area contributed by atoms with Gasteiger partial charge in [-0.05, 0) is 12.8 Å². The van der Waals surface area contributed by atoms with Crippen molar-refractivity contribution in [2.45, 2.75) is 193 Å². The molecule has 0 spiro atoms. The van der Waals surface area contributed by atoms with Crippen molar-refractivity contribution in [2.24, 2.45) is 0 Å². The highest BCUT2D eigenvalue weighted by atomic mass is 31.2. The molecular formula is C41H80N4O8P+. The van der Waals surface area contributed by atoms with Crippen LogP contribution in [-0.2, 0) is 45.6 Å². The van der Waals surface area contributed by atoms with Crippen LogP contribution in [0.25, 0.3) is 0 Å². The minimum atomic E-state index is -4.41. The van der Waals surface area contributed by atoms with Gasteiger partial charge in [-0.3, -0.25) is 23.3 Å². The summed E-state index contributed by atoms with van der Waals surface area (Å²) in [4.78, 5) is 35.5. The van der Waals surface area contributed by atoms with Crippen molar-refractivity contribution in [3.8, 4) is 0 Å². The van der Waals surface area contributed by atoms with E-state index in [1.807, 2.05) is 32.0 Å². The number of hydrogen-bond donors (Lipinski definition) is 1. The molecule has 0 aliphatic heterocycles. The Hall–Kier alpha value is -1.85. The summed E-state index contributed by atoms with van der Waals surface area (Å²) in [6.45, 7) is 5.05. The average Bonchev–Trinajstić information content (AvgIpc) is 3.58. The average molecular weight is 788 g/mol. The van der Waals surface area contributed by atoms with Crippen LogP contribution in [0.1, 0.15) is 180 Å². The lowest BCUT2D eigenvalue weighted by atomic mass is 10.0. The zero-order valence-corrected chi connectivity index (χ0v) is 36.0. The minimum Gasteiger partial charge on any atom is -0.462 e.